The van der Waals surface area contributed by atoms with Crippen LogP contribution in [0.5, 0.6) is 0 Å². The van der Waals surface area contributed by atoms with E-state index in [1.165, 1.54) is 0 Å². The van der Waals surface area contributed by atoms with Crippen molar-refractivity contribution in [2.24, 2.45) is 11.8 Å². The number of nitriles is 1. The molecule has 0 spiro atoms. The summed E-state index contributed by atoms with van der Waals surface area (Å²) in [5.74, 6) is 0.126. The Kier molecular flexibility index (Phi) is 5.76. The van der Waals surface area contributed by atoms with Gasteiger partial charge in [0.15, 0.2) is 0 Å². The van der Waals surface area contributed by atoms with Crippen LogP contribution >= 0.6 is 0 Å². The summed E-state index contributed by atoms with van der Waals surface area (Å²) in [7, 11) is 3.51. The number of nitrogens with one attached hydrogen (secondary N) is 1. The second-order valence-corrected chi connectivity index (χ2v) is 11.0. The predicted octanol–water partition coefficient (Wildman–Crippen LogP) is 2.32. The van der Waals surface area contributed by atoms with Crippen molar-refractivity contribution in [1.29, 1.82) is 5.26 Å². The third-order valence-electron chi connectivity index (χ3n) is 7.29. The number of carbonyl (C=O) groups excluding carboxylic acids is 3. The van der Waals surface area contributed by atoms with Crippen LogP contribution in [0.15, 0.2) is 0 Å². The normalized spacial score (nSPS) is 33.8. The maximum atomic E-state index is 13.7. The minimum Gasteiger partial charge on any atom is -0.444 e. The average Bonchev–Trinajstić information content (AvgIpc) is 3.28. The summed E-state index contributed by atoms with van der Waals surface area (Å²) in [6.07, 6.45) is 4.15. The minimum atomic E-state index is -0.750. The molecule has 176 valence electrons. The van der Waals surface area contributed by atoms with Gasteiger partial charge in [0.05, 0.1) is 6.07 Å². The van der Waals surface area contributed by atoms with Crippen molar-refractivity contribution in [3.8, 4) is 6.07 Å². The van der Waals surface area contributed by atoms with Crippen molar-refractivity contribution in [1.82, 2.24) is 20.0 Å². The quantitative estimate of drug-likeness (QED) is 0.718. The zero-order valence-corrected chi connectivity index (χ0v) is 19.7. The van der Waals surface area contributed by atoms with E-state index >= 15 is 0 Å². The lowest BCUT2D eigenvalue weighted by Gasteiger charge is -2.43. The van der Waals surface area contributed by atoms with Crippen molar-refractivity contribution < 1.29 is 19.1 Å². The highest BCUT2D eigenvalue weighted by molar-refractivity contribution is 5.87. The molecule has 2 bridgehead atoms. The first-order chi connectivity index (χ1) is 15.0. The Morgan fingerprint density at radius 2 is 1.69 bits per heavy atom. The Morgan fingerprint density at radius 1 is 1.06 bits per heavy atom. The van der Waals surface area contributed by atoms with E-state index in [-0.39, 0.29) is 36.0 Å². The molecule has 0 aromatic carbocycles. The van der Waals surface area contributed by atoms with Gasteiger partial charge in [-0.15, -0.1) is 0 Å². The summed E-state index contributed by atoms with van der Waals surface area (Å²) < 4.78 is 5.47. The van der Waals surface area contributed by atoms with Gasteiger partial charge in [0.25, 0.3) is 0 Å². The summed E-state index contributed by atoms with van der Waals surface area (Å²) >= 11 is 0. The molecule has 0 aromatic rings. The largest absolute Gasteiger partial charge is 0.444 e. The van der Waals surface area contributed by atoms with Crippen LogP contribution in [0.4, 0.5) is 9.59 Å². The number of amides is 4. The average molecular weight is 446 g/mol. The molecule has 1 aliphatic carbocycles. The molecular formula is C23H35N5O4. The van der Waals surface area contributed by atoms with Crippen LogP contribution in [0.1, 0.15) is 59.3 Å². The molecular weight excluding hydrogens is 410 g/mol. The van der Waals surface area contributed by atoms with Crippen LogP contribution in [0.25, 0.3) is 0 Å². The van der Waals surface area contributed by atoms with Crippen LogP contribution in [0.3, 0.4) is 0 Å². The number of carbonyl (C=O) groups is 3. The molecule has 0 aromatic heterocycles. The number of hydrogen-bond acceptors (Lipinski definition) is 5. The fourth-order valence-electron chi connectivity index (χ4n) is 5.90. The second kappa shape index (κ2) is 8.13. The molecule has 1 saturated carbocycles. The topological polar surface area (TPSA) is 106 Å². The third-order valence-corrected chi connectivity index (χ3v) is 7.29. The first-order valence-electron chi connectivity index (χ1n) is 11.7. The van der Waals surface area contributed by atoms with Gasteiger partial charge in [-0.1, -0.05) is 0 Å². The zero-order valence-electron chi connectivity index (χ0n) is 19.7. The third kappa shape index (κ3) is 4.24. The van der Waals surface area contributed by atoms with Gasteiger partial charge < -0.3 is 24.8 Å². The highest BCUT2D eigenvalue weighted by atomic mass is 16.6. The van der Waals surface area contributed by atoms with E-state index in [1.807, 2.05) is 4.90 Å². The molecule has 3 heterocycles. The Balaban J connectivity index is 1.55. The maximum Gasteiger partial charge on any atom is 0.408 e. The lowest BCUT2D eigenvalue weighted by molar-refractivity contribution is -0.136. The first-order valence-corrected chi connectivity index (χ1v) is 11.7. The Morgan fingerprint density at radius 3 is 2.22 bits per heavy atom. The van der Waals surface area contributed by atoms with Gasteiger partial charge in [0.1, 0.15) is 17.7 Å². The van der Waals surface area contributed by atoms with Gasteiger partial charge in [-0.3, -0.25) is 4.79 Å². The van der Waals surface area contributed by atoms with E-state index in [0.717, 1.165) is 19.3 Å². The minimum absolute atomic E-state index is 0.00355. The number of piperidine rings is 2. The number of nitrogens with zero attached hydrogens (tertiary/aromatic N) is 4. The molecule has 3 saturated heterocycles. The van der Waals surface area contributed by atoms with Gasteiger partial charge in [0.2, 0.25) is 5.91 Å². The lowest BCUT2D eigenvalue weighted by Crippen LogP contribution is -2.59. The number of ether oxygens (including phenoxy) is 1. The number of hydrogen-bond donors (Lipinski definition) is 1. The van der Waals surface area contributed by atoms with Crippen LogP contribution in [-0.4, -0.2) is 82.6 Å². The van der Waals surface area contributed by atoms with E-state index < -0.39 is 23.8 Å². The van der Waals surface area contributed by atoms with Gasteiger partial charge in [-0.2, -0.15) is 5.26 Å². The van der Waals surface area contributed by atoms with Crippen molar-refractivity contribution in [2.75, 3.05) is 14.1 Å². The fraction of sp³-hybridized carbons (Fsp3) is 0.826. The SMILES string of the molecule is CN(C)C(=O)N1C2CCC1CC([C@H](NC(=O)OC(C)(C)C)C(=O)N1[C@H](C#N)C[C@@H]3C[C@@H]31)C2. The molecule has 4 fully saturated rings. The second-order valence-electron chi connectivity index (χ2n) is 11.0. The number of urea groups is 1. The summed E-state index contributed by atoms with van der Waals surface area (Å²) in [6, 6.07) is 1.33. The number of alkyl carbamates (subject to hydrolysis) is 1. The molecule has 4 amide bonds. The van der Waals surface area contributed by atoms with Gasteiger partial charge in [0, 0.05) is 32.2 Å². The van der Waals surface area contributed by atoms with Crippen LogP contribution in [-0.2, 0) is 9.53 Å². The molecule has 1 N–H and O–H groups in total. The van der Waals surface area contributed by atoms with E-state index in [0.29, 0.717) is 25.2 Å². The van der Waals surface area contributed by atoms with Crippen molar-refractivity contribution in [3.63, 3.8) is 0 Å². The molecule has 2 unspecified atom stereocenters. The monoisotopic (exact) mass is 445 g/mol. The highest BCUT2D eigenvalue weighted by Crippen LogP contribution is 2.49. The fourth-order valence-corrected chi connectivity index (χ4v) is 5.90. The molecule has 3 aliphatic heterocycles. The molecule has 32 heavy (non-hydrogen) atoms. The van der Waals surface area contributed by atoms with Crippen LogP contribution in [0, 0.1) is 23.2 Å². The maximum absolute atomic E-state index is 13.7. The number of fused-ring (bicyclic) bond motifs is 3. The van der Waals surface area contributed by atoms with E-state index in [1.54, 1.807) is 44.7 Å². The van der Waals surface area contributed by atoms with Crippen molar-refractivity contribution in [2.45, 2.75) is 95.1 Å². The summed E-state index contributed by atoms with van der Waals surface area (Å²) in [5, 5.41) is 12.5. The molecule has 9 nitrogen and oxygen atoms in total. The zero-order chi connectivity index (χ0) is 23.4. The molecule has 6 atom stereocenters. The number of likely N-dealkylation sites (tertiary alicyclic amines) is 1. The molecule has 0 radical (unpaired) electrons. The molecule has 9 heteroatoms. The summed E-state index contributed by atoms with van der Waals surface area (Å²) in [5.41, 5.74) is -0.678. The number of rotatable bonds is 3. The smallest absolute Gasteiger partial charge is 0.408 e. The van der Waals surface area contributed by atoms with E-state index in [4.69, 9.17) is 4.74 Å². The van der Waals surface area contributed by atoms with Gasteiger partial charge in [-0.25, -0.2) is 9.59 Å². The van der Waals surface area contributed by atoms with Crippen LogP contribution in [0.2, 0.25) is 0 Å². The van der Waals surface area contributed by atoms with E-state index in [9.17, 15) is 19.6 Å². The lowest BCUT2D eigenvalue weighted by atomic mass is 9.84. The van der Waals surface area contributed by atoms with Crippen molar-refractivity contribution in [3.05, 3.63) is 0 Å². The standard InChI is InChI=1S/C23H35N5O4/c1-23(2,3)32-21(30)25-19(20(29)28-17(12-24)8-13-11-18(13)28)14-9-15-6-7-16(10-14)27(15)22(31)26(4)5/h13-19H,6-11H2,1-5H3,(H,25,30)/t13-,14?,15?,16?,17+,18+,19+/m1/s1. The van der Waals surface area contributed by atoms with Crippen LogP contribution < -0.4 is 5.32 Å². The summed E-state index contributed by atoms with van der Waals surface area (Å²) in [6.45, 7) is 5.36. The Hall–Kier alpha value is -2.50. The van der Waals surface area contributed by atoms with Crippen molar-refractivity contribution >= 4 is 18.0 Å². The molecule has 4 rings (SSSR count). The van der Waals surface area contributed by atoms with E-state index in [2.05, 4.69) is 11.4 Å². The summed E-state index contributed by atoms with van der Waals surface area (Å²) in [4.78, 5) is 44.4. The Labute approximate surface area is 190 Å². The highest BCUT2D eigenvalue weighted by Gasteiger charge is 2.57. The Bertz CT molecular complexity index is 817. The first kappa shape index (κ1) is 22.7. The predicted molar refractivity (Wildman–Crippen MR) is 116 cm³/mol. The van der Waals surface area contributed by atoms with Gasteiger partial charge in [-0.05, 0) is 71.1 Å². The van der Waals surface area contributed by atoms with Gasteiger partial charge >= 0.3 is 12.1 Å². The molecule has 4 aliphatic rings.